The number of rotatable bonds is 8. The van der Waals surface area contributed by atoms with Gasteiger partial charge in [0.2, 0.25) is 17.7 Å². The molecule has 3 amide bonds. The SMILES string of the molecule is CCC(C)C(C(=O)NC1C(=O)NC(CC(C)C)C(=O)NC=Cc2ccc(cc2)OC1C(C)C)N(C)C. The number of carbonyl (C=O) groups excluding carboxylic acids is 3. The van der Waals surface area contributed by atoms with Crippen molar-refractivity contribution in [2.24, 2.45) is 17.8 Å². The van der Waals surface area contributed by atoms with Crippen LogP contribution in [0.25, 0.3) is 6.08 Å². The summed E-state index contributed by atoms with van der Waals surface area (Å²) in [6, 6.07) is 5.24. The molecule has 2 bridgehead atoms. The summed E-state index contributed by atoms with van der Waals surface area (Å²) < 4.78 is 6.31. The van der Waals surface area contributed by atoms with Gasteiger partial charge in [-0.05, 0) is 62.0 Å². The molecule has 2 aliphatic heterocycles. The fourth-order valence-electron chi connectivity index (χ4n) is 4.45. The number of amides is 3. The Morgan fingerprint density at radius 1 is 1.06 bits per heavy atom. The van der Waals surface area contributed by atoms with E-state index in [1.54, 1.807) is 12.3 Å². The van der Waals surface area contributed by atoms with Gasteiger partial charge in [-0.25, -0.2) is 0 Å². The summed E-state index contributed by atoms with van der Waals surface area (Å²) in [6.45, 7) is 12.0. The molecule has 3 rings (SSSR count). The molecule has 0 aromatic heterocycles. The van der Waals surface area contributed by atoms with Crippen molar-refractivity contribution in [3.8, 4) is 5.75 Å². The maximum atomic E-state index is 13.7. The van der Waals surface area contributed by atoms with E-state index >= 15 is 0 Å². The molecule has 2 aliphatic rings. The first-order chi connectivity index (χ1) is 16.9. The van der Waals surface area contributed by atoms with Gasteiger partial charge in [-0.1, -0.05) is 60.1 Å². The molecule has 200 valence electrons. The summed E-state index contributed by atoms with van der Waals surface area (Å²) in [4.78, 5) is 42.1. The largest absolute Gasteiger partial charge is 0.487 e. The molecule has 8 heteroatoms. The normalized spacial score (nSPS) is 22.6. The molecule has 1 aromatic carbocycles. The Morgan fingerprint density at radius 3 is 2.22 bits per heavy atom. The molecule has 2 heterocycles. The first kappa shape index (κ1) is 29.4. The summed E-state index contributed by atoms with van der Waals surface area (Å²) in [5.41, 5.74) is 0.900. The van der Waals surface area contributed by atoms with Crippen LogP contribution >= 0.6 is 0 Å². The van der Waals surface area contributed by atoms with Crippen molar-refractivity contribution < 1.29 is 19.1 Å². The molecule has 5 unspecified atom stereocenters. The lowest BCUT2D eigenvalue weighted by atomic mass is 9.94. The summed E-state index contributed by atoms with van der Waals surface area (Å²) in [5.74, 6) is -0.241. The van der Waals surface area contributed by atoms with Gasteiger partial charge in [0, 0.05) is 6.20 Å². The molecule has 3 N–H and O–H groups in total. The standard InChI is InChI=1S/C28H44N4O4/c1-9-19(6)24(32(7)8)28(35)31-23-25(18(4)5)36-21-12-10-20(11-13-21)14-15-29-26(33)22(16-17(2)3)30-27(23)34/h10-15,17-19,22-25H,9,16H2,1-8H3,(H,29,33)(H,30,34)(H,31,35). The predicted octanol–water partition coefficient (Wildman–Crippen LogP) is 3.18. The second kappa shape index (κ2) is 13.4. The lowest BCUT2D eigenvalue weighted by molar-refractivity contribution is -0.137. The summed E-state index contributed by atoms with van der Waals surface area (Å²) in [7, 11) is 3.72. The number of carbonyl (C=O) groups is 3. The van der Waals surface area contributed by atoms with Gasteiger partial charge in [0.1, 0.15) is 23.9 Å². The third kappa shape index (κ3) is 8.08. The van der Waals surface area contributed by atoms with Crippen LogP contribution in [0.3, 0.4) is 0 Å². The second-order valence-electron chi connectivity index (χ2n) is 10.7. The monoisotopic (exact) mass is 500 g/mol. The van der Waals surface area contributed by atoms with Gasteiger partial charge < -0.3 is 20.7 Å². The van der Waals surface area contributed by atoms with Crippen molar-refractivity contribution in [1.82, 2.24) is 20.9 Å². The molecule has 8 nitrogen and oxygen atoms in total. The van der Waals surface area contributed by atoms with Crippen LogP contribution in [0, 0.1) is 17.8 Å². The number of hydrogen-bond acceptors (Lipinski definition) is 5. The Morgan fingerprint density at radius 2 is 1.69 bits per heavy atom. The number of nitrogens with zero attached hydrogens (tertiary/aromatic N) is 1. The van der Waals surface area contributed by atoms with Gasteiger partial charge >= 0.3 is 0 Å². The van der Waals surface area contributed by atoms with E-state index in [1.165, 1.54) is 0 Å². The second-order valence-corrected chi connectivity index (χ2v) is 10.7. The maximum Gasteiger partial charge on any atom is 0.247 e. The number of nitrogens with one attached hydrogen (secondary N) is 3. The molecule has 0 spiro atoms. The van der Waals surface area contributed by atoms with Crippen molar-refractivity contribution in [2.45, 2.75) is 78.6 Å². The Hall–Kier alpha value is -2.87. The molecule has 0 saturated heterocycles. The minimum Gasteiger partial charge on any atom is -0.487 e. The molecule has 0 fully saturated rings. The summed E-state index contributed by atoms with van der Waals surface area (Å²) in [5, 5.41) is 8.68. The van der Waals surface area contributed by atoms with E-state index in [1.807, 2.05) is 84.8 Å². The number of likely N-dealkylation sites (N-methyl/N-ethyl adjacent to an activating group) is 1. The van der Waals surface area contributed by atoms with Crippen molar-refractivity contribution in [3.05, 3.63) is 36.0 Å². The molecular weight excluding hydrogens is 456 g/mol. The third-order valence-electron chi connectivity index (χ3n) is 6.57. The maximum absolute atomic E-state index is 13.7. The van der Waals surface area contributed by atoms with Crippen molar-refractivity contribution in [3.63, 3.8) is 0 Å². The lowest BCUT2D eigenvalue weighted by Gasteiger charge is -2.35. The molecule has 36 heavy (non-hydrogen) atoms. The topological polar surface area (TPSA) is 99.8 Å². The molecule has 1 aromatic rings. The highest BCUT2D eigenvalue weighted by molar-refractivity contribution is 5.94. The molecule has 0 aliphatic carbocycles. The van der Waals surface area contributed by atoms with Gasteiger partial charge in [-0.3, -0.25) is 19.3 Å². The third-order valence-corrected chi connectivity index (χ3v) is 6.57. The minimum absolute atomic E-state index is 0.0822. The van der Waals surface area contributed by atoms with E-state index in [-0.39, 0.29) is 29.6 Å². The van der Waals surface area contributed by atoms with Crippen molar-refractivity contribution in [1.29, 1.82) is 0 Å². The zero-order valence-corrected chi connectivity index (χ0v) is 23.0. The van der Waals surface area contributed by atoms with Crippen LogP contribution in [0.5, 0.6) is 5.75 Å². The Bertz CT molecular complexity index is 911. The zero-order valence-electron chi connectivity index (χ0n) is 23.0. The van der Waals surface area contributed by atoms with Crippen LogP contribution in [0.15, 0.2) is 30.5 Å². The highest BCUT2D eigenvalue weighted by Gasteiger charge is 2.38. The smallest absolute Gasteiger partial charge is 0.247 e. The molecule has 0 saturated carbocycles. The van der Waals surface area contributed by atoms with Crippen LogP contribution in [0.2, 0.25) is 0 Å². The quantitative estimate of drug-likeness (QED) is 0.509. The fourth-order valence-corrected chi connectivity index (χ4v) is 4.45. The van der Waals surface area contributed by atoms with E-state index < -0.39 is 30.1 Å². The number of fused-ring (bicyclic) bond motifs is 10. The van der Waals surface area contributed by atoms with Gasteiger partial charge in [0.05, 0.1) is 6.04 Å². The average Bonchev–Trinajstić information content (AvgIpc) is 2.80. The zero-order chi connectivity index (χ0) is 27.0. The fraction of sp³-hybridized carbons (Fsp3) is 0.607. The lowest BCUT2D eigenvalue weighted by Crippen LogP contribution is -2.62. The van der Waals surface area contributed by atoms with Crippen LogP contribution in [-0.2, 0) is 14.4 Å². The minimum atomic E-state index is -0.996. The Labute approximate surface area is 216 Å². The number of hydrogen-bond donors (Lipinski definition) is 3. The average molecular weight is 501 g/mol. The van der Waals surface area contributed by atoms with Crippen LogP contribution < -0.4 is 20.7 Å². The van der Waals surface area contributed by atoms with Gasteiger partial charge in [0.15, 0.2) is 0 Å². The van der Waals surface area contributed by atoms with Crippen LogP contribution in [0.1, 0.15) is 59.9 Å². The van der Waals surface area contributed by atoms with E-state index in [9.17, 15) is 14.4 Å². The predicted molar refractivity (Wildman–Crippen MR) is 143 cm³/mol. The molecule has 5 atom stereocenters. The van der Waals surface area contributed by atoms with E-state index in [4.69, 9.17) is 4.74 Å². The number of benzene rings is 1. The van der Waals surface area contributed by atoms with Gasteiger partial charge in [-0.2, -0.15) is 0 Å². The molecular formula is C28H44N4O4. The first-order valence-corrected chi connectivity index (χ1v) is 12.9. The highest BCUT2D eigenvalue weighted by Crippen LogP contribution is 2.22. The summed E-state index contributed by atoms with van der Waals surface area (Å²) in [6.07, 6.45) is 3.99. The molecule has 0 radical (unpaired) electrons. The first-order valence-electron chi connectivity index (χ1n) is 12.9. The van der Waals surface area contributed by atoms with Crippen LogP contribution in [0.4, 0.5) is 0 Å². The highest BCUT2D eigenvalue weighted by atomic mass is 16.5. The number of ether oxygens (including phenoxy) is 1. The van der Waals surface area contributed by atoms with Crippen molar-refractivity contribution >= 4 is 23.8 Å². The Balaban J connectivity index is 2.52. The summed E-state index contributed by atoms with van der Waals surface area (Å²) >= 11 is 0. The van der Waals surface area contributed by atoms with Crippen molar-refractivity contribution in [2.75, 3.05) is 14.1 Å². The van der Waals surface area contributed by atoms with Gasteiger partial charge in [-0.15, -0.1) is 0 Å². The van der Waals surface area contributed by atoms with E-state index in [2.05, 4.69) is 16.0 Å². The van der Waals surface area contributed by atoms with Crippen LogP contribution in [-0.4, -0.2) is 60.9 Å². The van der Waals surface area contributed by atoms with Gasteiger partial charge in [0.25, 0.3) is 0 Å². The Kier molecular flexibility index (Phi) is 11.0. The van der Waals surface area contributed by atoms with E-state index in [0.29, 0.717) is 12.2 Å². The van der Waals surface area contributed by atoms with E-state index in [0.717, 1.165) is 12.0 Å².